The second-order valence-corrected chi connectivity index (χ2v) is 7.85. The van der Waals surface area contributed by atoms with Crippen molar-refractivity contribution < 1.29 is 0 Å². The minimum atomic E-state index is 0.824. The summed E-state index contributed by atoms with van der Waals surface area (Å²) < 4.78 is 1.90. The van der Waals surface area contributed by atoms with Crippen LogP contribution in [0.1, 0.15) is 41.8 Å². The number of pyridine rings is 1. The summed E-state index contributed by atoms with van der Waals surface area (Å²) in [4.78, 5) is 12.9. The molecular weight excluding hydrogens is 346 g/mol. The van der Waals surface area contributed by atoms with Crippen LogP contribution in [-0.2, 0) is 19.9 Å². The summed E-state index contributed by atoms with van der Waals surface area (Å²) in [6.45, 7) is 4.10. The maximum Gasteiger partial charge on any atom is 0.158 e. The molecule has 0 bridgehead atoms. The largest absolute Gasteiger partial charge is 0.322 e. The number of nitrogens with one attached hydrogen (secondary N) is 1. The number of hydrogen-bond donors (Lipinski definition) is 1. The number of nitrogens with zero attached hydrogens (tertiary/aromatic N) is 4. The van der Waals surface area contributed by atoms with Crippen molar-refractivity contribution in [3.05, 3.63) is 53.0 Å². The first-order valence-electron chi connectivity index (χ1n) is 10.1. The van der Waals surface area contributed by atoms with Crippen LogP contribution in [0.25, 0.3) is 33.7 Å². The Morgan fingerprint density at radius 2 is 1.82 bits per heavy atom. The molecule has 5 rings (SSSR count). The van der Waals surface area contributed by atoms with Crippen molar-refractivity contribution in [3.63, 3.8) is 0 Å². The van der Waals surface area contributed by atoms with Crippen molar-refractivity contribution >= 4 is 11.2 Å². The number of H-pyrrole nitrogens is 1. The van der Waals surface area contributed by atoms with Crippen molar-refractivity contribution in [1.29, 1.82) is 0 Å². The Labute approximate surface area is 164 Å². The van der Waals surface area contributed by atoms with Gasteiger partial charge in [-0.15, -0.1) is 0 Å². The fourth-order valence-electron chi connectivity index (χ4n) is 4.46. The van der Waals surface area contributed by atoms with Crippen LogP contribution < -0.4 is 0 Å². The minimum absolute atomic E-state index is 0.824. The van der Waals surface area contributed by atoms with Crippen LogP contribution in [-0.4, -0.2) is 24.7 Å². The van der Waals surface area contributed by atoms with E-state index in [9.17, 15) is 0 Å². The molecule has 1 aliphatic rings. The zero-order valence-electron chi connectivity index (χ0n) is 16.7. The third kappa shape index (κ3) is 2.73. The Kier molecular flexibility index (Phi) is 4.04. The lowest BCUT2D eigenvalue weighted by Crippen LogP contribution is -1.93. The lowest BCUT2D eigenvalue weighted by Gasteiger charge is -2.09. The van der Waals surface area contributed by atoms with Crippen molar-refractivity contribution in [1.82, 2.24) is 24.7 Å². The van der Waals surface area contributed by atoms with Gasteiger partial charge >= 0.3 is 0 Å². The highest BCUT2D eigenvalue weighted by molar-refractivity contribution is 5.91. The molecule has 0 radical (unpaired) electrons. The SMILES string of the molecule is Cc1nn(C)c(C)c1-c1nc2c(-c3ccc4c(c3)CCCCC4)ccnc2[nH]1. The van der Waals surface area contributed by atoms with E-state index < -0.39 is 0 Å². The second kappa shape index (κ2) is 6.59. The topological polar surface area (TPSA) is 59.4 Å². The van der Waals surface area contributed by atoms with Gasteiger partial charge in [-0.3, -0.25) is 4.68 Å². The maximum absolute atomic E-state index is 4.95. The molecule has 0 saturated heterocycles. The van der Waals surface area contributed by atoms with E-state index in [0.29, 0.717) is 0 Å². The highest BCUT2D eigenvalue weighted by atomic mass is 15.3. The molecule has 28 heavy (non-hydrogen) atoms. The van der Waals surface area contributed by atoms with Crippen LogP contribution in [0.3, 0.4) is 0 Å². The van der Waals surface area contributed by atoms with Crippen LogP contribution in [0.5, 0.6) is 0 Å². The Bertz CT molecular complexity index is 1180. The highest BCUT2D eigenvalue weighted by Crippen LogP contribution is 2.32. The Morgan fingerprint density at radius 3 is 2.61 bits per heavy atom. The number of aromatic amines is 1. The summed E-state index contributed by atoms with van der Waals surface area (Å²) in [5, 5.41) is 4.53. The number of rotatable bonds is 2. The molecule has 3 heterocycles. The molecule has 4 aromatic rings. The van der Waals surface area contributed by atoms with Gasteiger partial charge in [-0.25, -0.2) is 9.97 Å². The van der Waals surface area contributed by atoms with E-state index in [1.165, 1.54) is 48.8 Å². The Balaban J connectivity index is 1.65. The van der Waals surface area contributed by atoms with E-state index in [4.69, 9.17) is 4.98 Å². The van der Waals surface area contributed by atoms with Gasteiger partial charge in [0.1, 0.15) is 11.3 Å². The van der Waals surface area contributed by atoms with E-state index in [1.807, 2.05) is 24.9 Å². The van der Waals surface area contributed by atoms with Crippen LogP contribution in [0.15, 0.2) is 30.5 Å². The van der Waals surface area contributed by atoms with Crippen molar-refractivity contribution in [2.45, 2.75) is 46.0 Å². The molecule has 142 valence electrons. The fourth-order valence-corrected chi connectivity index (χ4v) is 4.46. The van der Waals surface area contributed by atoms with Gasteiger partial charge in [0.15, 0.2) is 5.65 Å². The van der Waals surface area contributed by atoms with Crippen LogP contribution in [0.2, 0.25) is 0 Å². The number of benzene rings is 1. The first-order chi connectivity index (χ1) is 13.6. The summed E-state index contributed by atoms with van der Waals surface area (Å²) in [6, 6.07) is 9.00. The predicted molar refractivity (Wildman–Crippen MR) is 112 cm³/mol. The molecule has 0 atom stereocenters. The quantitative estimate of drug-likeness (QED) is 0.509. The molecule has 3 aromatic heterocycles. The smallest absolute Gasteiger partial charge is 0.158 e. The normalized spacial score (nSPS) is 14.2. The fraction of sp³-hybridized carbons (Fsp3) is 0.348. The first-order valence-corrected chi connectivity index (χ1v) is 10.1. The minimum Gasteiger partial charge on any atom is -0.322 e. The molecule has 0 aliphatic heterocycles. The second-order valence-electron chi connectivity index (χ2n) is 7.85. The Morgan fingerprint density at radius 1 is 1.00 bits per heavy atom. The molecule has 5 nitrogen and oxygen atoms in total. The summed E-state index contributed by atoms with van der Waals surface area (Å²) in [5.41, 5.74) is 10.3. The average Bonchev–Trinajstić information content (AvgIpc) is 3.11. The van der Waals surface area contributed by atoms with Gasteiger partial charge in [0, 0.05) is 24.5 Å². The monoisotopic (exact) mass is 371 g/mol. The molecule has 5 heteroatoms. The van der Waals surface area contributed by atoms with Gasteiger partial charge in [0.2, 0.25) is 0 Å². The van der Waals surface area contributed by atoms with E-state index in [2.05, 4.69) is 46.3 Å². The lowest BCUT2D eigenvalue weighted by molar-refractivity contribution is 0.711. The third-order valence-electron chi connectivity index (χ3n) is 6.04. The van der Waals surface area contributed by atoms with Crippen LogP contribution >= 0.6 is 0 Å². The van der Waals surface area contributed by atoms with Gasteiger partial charge in [0.05, 0.1) is 11.3 Å². The summed E-state index contributed by atoms with van der Waals surface area (Å²) >= 11 is 0. The zero-order chi connectivity index (χ0) is 19.3. The third-order valence-corrected chi connectivity index (χ3v) is 6.04. The van der Waals surface area contributed by atoms with Gasteiger partial charge in [-0.05, 0) is 62.3 Å². The summed E-state index contributed by atoms with van der Waals surface area (Å²) in [6.07, 6.45) is 8.17. The summed E-state index contributed by atoms with van der Waals surface area (Å²) in [7, 11) is 1.97. The lowest BCUT2D eigenvalue weighted by atomic mass is 9.96. The molecule has 0 amide bonds. The average molecular weight is 371 g/mol. The zero-order valence-corrected chi connectivity index (χ0v) is 16.7. The maximum atomic E-state index is 4.95. The van der Waals surface area contributed by atoms with E-state index in [1.54, 1.807) is 0 Å². The highest BCUT2D eigenvalue weighted by Gasteiger charge is 2.18. The van der Waals surface area contributed by atoms with E-state index in [0.717, 1.165) is 39.5 Å². The number of imidazole rings is 1. The van der Waals surface area contributed by atoms with Gasteiger partial charge in [-0.2, -0.15) is 5.10 Å². The number of hydrogen-bond acceptors (Lipinski definition) is 3. The number of aryl methyl sites for hydroxylation is 4. The van der Waals surface area contributed by atoms with Crippen molar-refractivity contribution in [3.8, 4) is 22.5 Å². The standard InChI is InChI=1S/C23H25N5/c1-14-20(15(2)28(3)27-14)22-25-21-19(11-12-24-23(21)26-22)18-10-9-16-7-5-4-6-8-17(16)13-18/h9-13H,4-8H2,1-3H3,(H,24,25,26). The van der Waals surface area contributed by atoms with Gasteiger partial charge in [0.25, 0.3) is 0 Å². The van der Waals surface area contributed by atoms with Crippen LogP contribution in [0, 0.1) is 13.8 Å². The summed E-state index contributed by atoms with van der Waals surface area (Å²) in [5.74, 6) is 0.841. The molecule has 0 unspecified atom stereocenters. The van der Waals surface area contributed by atoms with Gasteiger partial charge < -0.3 is 4.98 Å². The van der Waals surface area contributed by atoms with Crippen molar-refractivity contribution in [2.75, 3.05) is 0 Å². The van der Waals surface area contributed by atoms with Crippen molar-refractivity contribution in [2.24, 2.45) is 7.05 Å². The Hall–Kier alpha value is -2.95. The van der Waals surface area contributed by atoms with E-state index in [-0.39, 0.29) is 0 Å². The molecule has 0 saturated carbocycles. The van der Waals surface area contributed by atoms with Gasteiger partial charge in [-0.1, -0.05) is 24.6 Å². The van der Waals surface area contributed by atoms with E-state index >= 15 is 0 Å². The predicted octanol–water partition coefficient (Wildman–Crippen LogP) is 4.91. The molecule has 0 spiro atoms. The molecule has 1 aromatic carbocycles. The first kappa shape index (κ1) is 17.2. The number of fused-ring (bicyclic) bond motifs is 2. The molecule has 1 aliphatic carbocycles. The molecule has 0 fully saturated rings. The van der Waals surface area contributed by atoms with Crippen LogP contribution in [0.4, 0.5) is 0 Å². The molecular formula is C23H25N5. The molecule has 1 N–H and O–H groups in total. The number of aromatic nitrogens is 5.